The van der Waals surface area contributed by atoms with Crippen LogP contribution in [-0.4, -0.2) is 31.0 Å². The van der Waals surface area contributed by atoms with Crippen molar-refractivity contribution in [2.24, 2.45) is 20.5 Å². The maximum Gasteiger partial charge on any atom is 0.296 e. The van der Waals surface area contributed by atoms with Gasteiger partial charge in [0, 0.05) is 5.39 Å². The Balaban J connectivity index is 1.74. The summed E-state index contributed by atoms with van der Waals surface area (Å²) in [5.74, 6) is -0.655. The second-order valence-corrected chi connectivity index (χ2v) is 10.9. The van der Waals surface area contributed by atoms with E-state index in [0.29, 0.717) is 16.9 Å². The molecule has 190 valence electrons. The SMILES string of the molecule is Cc1ccccc1N=Nc1ccc(N=Nc2c(S(=O)(=O)O)cc3cc(S(=O)(=O)O)ccc3c2O)c(C)c1. The molecule has 0 unspecified atom stereocenters. The molecule has 0 aliphatic heterocycles. The first kappa shape index (κ1) is 26.0. The van der Waals surface area contributed by atoms with Crippen LogP contribution in [0, 0.1) is 13.8 Å². The van der Waals surface area contributed by atoms with E-state index in [1.807, 2.05) is 31.2 Å². The monoisotopic (exact) mass is 540 g/mol. The molecule has 0 radical (unpaired) electrons. The lowest BCUT2D eigenvalue weighted by molar-refractivity contribution is 0.472. The first-order valence-electron chi connectivity index (χ1n) is 10.6. The Kier molecular flexibility index (Phi) is 6.88. The van der Waals surface area contributed by atoms with Crippen molar-refractivity contribution in [1.29, 1.82) is 0 Å². The largest absolute Gasteiger partial charge is 0.505 e. The van der Waals surface area contributed by atoms with E-state index in [9.17, 15) is 31.0 Å². The fourth-order valence-electron chi connectivity index (χ4n) is 3.49. The zero-order valence-corrected chi connectivity index (χ0v) is 21.1. The van der Waals surface area contributed by atoms with Crippen LogP contribution < -0.4 is 0 Å². The van der Waals surface area contributed by atoms with Crippen LogP contribution in [0.1, 0.15) is 11.1 Å². The van der Waals surface area contributed by atoms with Gasteiger partial charge in [-0.2, -0.15) is 32.2 Å². The fraction of sp³-hybridized carbons (Fsp3) is 0.0833. The summed E-state index contributed by atoms with van der Waals surface area (Å²) in [6.45, 7) is 3.64. The minimum Gasteiger partial charge on any atom is -0.505 e. The quantitative estimate of drug-likeness (QED) is 0.185. The molecule has 0 saturated heterocycles. The van der Waals surface area contributed by atoms with Crippen LogP contribution in [0.4, 0.5) is 22.7 Å². The van der Waals surface area contributed by atoms with Crippen molar-refractivity contribution in [1.82, 2.24) is 0 Å². The molecule has 4 aromatic rings. The molecule has 4 rings (SSSR count). The first-order valence-corrected chi connectivity index (χ1v) is 13.5. The number of aryl methyl sites for hydroxylation is 2. The Morgan fingerprint density at radius 1 is 0.676 bits per heavy atom. The van der Waals surface area contributed by atoms with Gasteiger partial charge >= 0.3 is 0 Å². The molecular formula is C24H20N4O7S2. The van der Waals surface area contributed by atoms with Crippen LogP contribution in [-0.2, 0) is 20.2 Å². The second-order valence-electron chi connectivity index (χ2n) is 8.06. The van der Waals surface area contributed by atoms with Crippen LogP contribution in [0.25, 0.3) is 10.8 Å². The third-order valence-corrected chi connectivity index (χ3v) is 7.14. The second kappa shape index (κ2) is 9.78. The number of aromatic hydroxyl groups is 1. The molecule has 0 fully saturated rings. The first-order chi connectivity index (χ1) is 17.3. The van der Waals surface area contributed by atoms with Gasteiger partial charge in [-0.1, -0.05) is 18.2 Å². The molecule has 0 bridgehead atoms. The number of phenols is 1. The average Bonchev–Trinajstić information content (AvgIpc) is 2.82. The van der Waals surface area contributed by atoms with E-state index in [2.05, 4.69) is 20.5 Å². The smallest absolute Gasteiger partial charge is 0.296 e. The van der Waals surface area contributed by atoms with Crippen LogP contribution in [0.15, 0.2) is 97.0 Å². The molecule has 13 heteroatoms. The van der Waals surface area contributed by atoms with Crippen molar-refractivity contribution in [3.8, 4) is 5.75 Å². The van der Waals surface area contributed by atoms with Gasteiger partial charge in [-0.05, 0) is 78.9 Å². The summed E-state index contributed by atoms with van der Waals surface area (Å²) >= 11 is 0. The topological polar surface area (TPSA) is 178 Å². The van der Waals surface area contributed by atoms with Crippen LogP contribution in [0.5, 0.6) is 5.75 Å². The summed E-state index contributed by atoms with van der Waals surface area (Å²) in [6.07, 6.45) is 0. The van der Waals surface area contributed by atoms with Crippen molar-refractivity contribution < 1.29 is 31.0 Å². The lowest BCUT2D eigenvalue weighted by atomic mass is 10.1. The van der Waals surface area contributed by atoms with Gasteiger partial charge in [0.25, 0.3) is 20.2 Å². The van der Waals surface area contributed by atoms with Gasteiger partial charge in [0.15, 0.2) is 5.75 Å². The number of phenolic OH excluding ortho intramolecular Hbond substituents is 1. The van der Waals surface area contributed by atoms with Gasteiger partial charge < -0.3 is 5.11 Å². The van der Waals surface area contributed by atoms with Crippen molar-refractivity contribution in [2.75, 3.05) is 0 Å². The van der Waals surface area contributed by atoms with Crippen molar-refractivity contribution >= 4 is 53.8 Å². The number of benzene rings is 4. The zero-order valence-electron chi connectivity index (χ0n) is 19.4. The molecule has 37 heavy (non-hydrogen) atoms. The van der Waals surface area contributed by atoms with Gasteiger partial charge in [-0.3, -0.25) is 9.11 Å². The molecule has 0 spiro atoms. The molecule has 11 nitrogen and oxygen atoms in total. The summed E-state index contributed by atoms with van der Waals surface area (Å²) in [7, 11) is -9.50. The molecule has 4 aromatic carbocycles. The third-order valence-electron chi connectivity index (χ3n) is 5.42. The minimum atomic E-state index is -4.91. The van der Waals surface area contributed by atoms with Crippen LogP contribution in [0.2, 0.25) is 0 Å². The molecule has 0 aliphatic carbocycles. The highest BCUT2D eigenvalue weighted by atomic mass is 32.2. The number of nitrogens with zero attached hydrogens (tertiary/aromatic N) is 4. The van der Waals surface area contributed by atoms with E-state index in [0.717, 1.165) is 29.4 Å². The molecule has 3 N–H and O–H groups in total. The Hall–Kier alpha value is -4.04. The van der Waals surface area contributed by atoms with Gasteiger partial charge in [-0.15, -0.1) is 5.11 Å². The number of rotatable bonds is 6. The molecule has 0 aliphatic rings. The summed E-state index contributed by atoms with van der Waals surface area (Å²) in [5.41, 5.74) is 2.64. The molecule has 0 saturated carbocycles. The highest BCUT2D eigenvalue weighted by Crippen LogP contribution is 2.42. The minimum absolute atomic E-state index is 0.0254. The van der Waals surface area contributed by atoms with E-state index in [1.54, 1.807) is 25.1 Å². The third kappa shape index (κ3) is 5.70. The summed E-state index contributed by atoms with van der Waals surface area (Å²) in [6, 6.07) is 16.5. The van der Waals surface area contributed by atoms with Crippen molar-refractivity contribution in [3.63, 3.8) is 0 Å². The number of hydrogen-bond donors (Lipinski definition) is 3. The molecule has 0 atom stereocenters. The van der Waals surface area contributed by atoms with Crippen molar-refractivity contribution in [2.45, 2.75) is 23.6 Å². The molecule has 0 amide bonds. The lowest BCUT2D eigenvalue weighted by Gasteiger charge is -2.10. The Morgan fingerprint density at radius 3 is 2.00 bits per heavy atom. The Labute approximate surface area is 212 Å². The molecule has 0 heterocycles. The van der Waals surface area contributed by atoms with E-state index < -0.39 is 41.5 Å². The predicted molar refractivity (Wildman–Crippen MR) is 136 cm³/mol. The summed E-state index contributed by atoms with van der Waals surface area (Å²) in [4.78, 5) is -1.32. The highest BCUT2D eigenvalue weighted by molar-refractivity contribution is 7.86. The number of azo groups is 2. The van der Waals surface area contributed by atoms with Crippen LogP contribution in [0.3, 0.4) is 0 Å². The summed E-state index contributed by atoms with van der Waals surface area (Å²) in [5, 5.41) is 27.0. The Morgan fingerprint density at radius 2 is 1.35 bits per heavy atom. The van der Waals surface area contributed by atoms with Crippen molar-refractivity contribution in [3.05, 3.63) is 77.9 Å². The van der Waals surface area contributed by atoms with Gasteiger partial charge in [-0.25, -0.2) is 0 Å². The van der Waals surface area contributed by atoms with Gasteiger partial charge in [0.1, 0.15) is 10.6 Å². The van der Waals surface area contributed by atoms with E-state index >= 15 is 0 Å². The average molecular weight is 541 g/mol. The van der Waals surface area contributed by atoms with Crippen LogP contribution >= 0.6 is 0 Å². The van der Waals surface area contributed by atoms with Gasteiger partial charge in [0.05, 0.1) is 22.0 Å². The number of fused-ring (bicyclic) bond motifs is 1. The fourth-order valence-corrected chi connectivity index (χ4v) is 4.66. The zero-order chi connectivity index (χ0) is 27.0. The maximum absolute atomic E-state index is 12.0. The standard InChI is InChI=1S/C24H20N4O7S2/c1-14-5-3-4-6-20(14)26-25-17-7-10-21(15(2)11-17)27-28-23-22(37(33,34)35)13-16-12-18(36(30,31)32)8-9-19(16)24(23)29/h3-13,29H,1-2H3,(H,30,31,32)(H,33,34,35). The molecule has 0 aromatic heterocycles. The van der Waals surface area contributed by atoms with E-state index in [4.69, 9.17) is 0 Å². The normalized spacial score (nSPS) is 12.6. The van der Waals surface area contributed by atoms with Gasteiger partial charge in [0.2, 0.25) is 0 Å². The maximum atomic E-state index is 12.0. The Bertz CT molecular complexity index is 1820. The molecular weight excluding hydrogens is 520 g/mol. The lowest BCUT2D eigenvalue weighted by Crippen LogP contribution is -2.00. The van der Waals surface area contributed by atoms with E-state index in [-0.39, 0.29) is 10.8 Å². The van der Waals surface area contributed by atoms with E-state index in [1.165, 1.54) is 6.07 Å². The number of hydrogen-bond acceptors (Lipinski definition) is 9. The summed E-state index contributed by atoms with van der Waals surface area (Å²) < 4.78 is 65.9. The highest BCUT2D eigenvalue weighted by Gasteiger charge is 2.23. The predicted octanol–water partition coefficient (Wildman–Crippen LogP) is 6.49.